The number of likely N-dealkylation sites (tertiary alicyclic amines) is 1. The summed E-state index contributed by atoms with van der Waals surface area (Å²) in [4.78, 5) is 14.8. The van der Waals surface area contributed by atoms with Crippen molar-refractivity contribution in [3.05, 3.63) is 0 Å². The van der Waals surface area contributed by atoms with Crippen LogP contribution >= 0.6 is 0 Å². The van der Waals surface area contributed by atoms with Crippen LogP contribution in [-0.2, 0) is 4.79 Å². The summed E-state index contributed by atoms with van der Waals surface area (Å²) in [7, 11) is 0. The second-order valence-electron chi connectivity index (χ2n) is 7.73. The SMILES string of the molecule is CCC1CCC(C(=O)NCC2CN(CCC3CC3)C2)CC1. The molecule has 0 aromatic rings. The molecule has 1 saturated heterocycles. The third-order valence-electron chi connectivity index (χ3n) is 5.94. The summed E-state index contributed by atoms with van der Waals surface area (Å²) in [5.74, 6) is 3.27. The molecule has 3 heteroatoms. The van der Waals surface area contributed by atoms with E-state index in [0.717, 1.165) is 31.2 Å². The predicted molar refractivity (Wildman–Crippen MR) is 86.0 cm³/mol. The van der Waals surface area contributed by atoms with Crippen LogP contribution in [0.5, 0.6) is 0 Å². The van der Waals surface area contributed by atoms with Gasteiger partial charge in [-0.3, -0.25) is 4.79 Å². The Labute approximate surface area is 129 Å². The molecule has 0 unspecified atom stereocenters. The number of hydrogen-bond acceptors (Lipinski definition) is 2. The maximum atomic E-state index is 12.2. The molecule has 1 amide bonds. The molecule has 2 saturated carbocycles. The third kappa shape index (κ3) is 4.45. The highest BCUT2D eigenvalue weighted by molar-refractivity contribution is 5.78. The first kappa shape index (κ1) is 15.3. The van der Waals surface area contributed by atoms with Gasteiger partial charge < -0.3 is 10.2 Å². The first-order valence-corrected chi connectivity index (χ1v) is 9.24. The molecule has 0 aromatic carbocycles. The fraction of sp³-hybridized carbons (Fsp3) is 0.944. The molecule has 3 nitrogen and oxygen atoms in total. The lowest BCUT2D eigenvalue weighted by molar-refractivity contribution is -0.126. The number of carbonyl (C=O) groups excluding carboxylic acids is 1. The second kappa shape index (κ2) is 7.13. The highest BCUT2D eigenvalue weighted by Crippen LogP contribution is 2.33. The van der Waals surface area contributed by atoms with Gasteiger partial charge in [0.1, 0.15) is 0 Å². The van der Waals surface area contributed by atoms with E-state index < -0.39 is 0 Å². The Balaban J connectivity index is 1.25. The minimum absolute atomic E-state index is 0.304. The van der Waals surface area contributed by atoms with Crippen molar-refractivity contribution in [3.63, 3.8) is 0 Å². The lowest BCUT2D eigenvalue weighted by atomic mass is 9.80. The molecule has 0 aromatic heterocycles. The van der Waals surface area contributed by atoms with Crippen molar-refractivity contribution in [2.45, 2.75) is 58.3 Å². The Morgan fingerprint density at radius 3 is 2.29 bits per heavy atom. The number of nitrogens with zero attached hydrogens (tertiary/aromatic N) is 1. The van der Waals surface area contributed by atoms with Gasteiger partial charge in [0.2, 0.25) is 5.91 Å². The van der Waals surface area contributed by atoms with Crippen LogP contribution in [0.1, 0.15) is 58.3 Å². The molecular formula is C18H32N2O. The van der Waals surface area contributed by atoms with Gasteiger partial charge in [-0.1, -0.05) is 26.2 Å². The van der Waals surface area contributed by atoms with E-state index in [1.165, 1.54) is 58.2 Å². The van der Waals surface area contributed by atoms with E-state index in [-0.39, 0.29) is 0 Å². The van der Waals surface area contributed by atoms with Gasteiger partial charge in [0.15, 0.2) is 0 Å². The first-order valence-electron chi connectivity index (χ1n) is 9.24. The highest BCUT2D eigenvalue weighted by atomic mass is 16.1. The molecule has 0 radical (unpaired) electrons. The van der Waals surface area contributed by atoms with Crippen molar-refractivity contribution in [1.29, 1.82) is 0 Å². The van der Waals surface area contributed by atoms with Gasteiger partial charge in [-0.25, -0.2) is 0 Å². The standard InChI is InChI=1S/C18H32N2O/c1-2-14-5-7-17(8-6-14)18(21)19-11-16-12-20(13-16)10-9-15-3-4-15/h14-17H,2-13H2,1H3,(H,19,21). The topological polar surface area (TPSA) is 32.3 Å². The lowest BCUT2D eigenvalue weighted by Gasteiger charge is -2.39. The molecule has 0 bridgehead atoms. The molecule has 120 valence electrons. The zero-order valence-electron chi connectivity index (χ0n) is 13.7. The second-order valence-corrected chi connectivity index (χ2v) is 7.73. The molecule has 0 atom stereocenters. The van der Waals surface area contributed by atoms with Crippen molar-refractivity contribution in [2.75, 3.05) is 26.2 Å². The van der Waals surface area contributed by atoms with E-state index in [2.05, 4.69) is 17.1 Å². The summed E-state index contributed by atoms with van der Waals surface area (Å²) in [6.07, 6.45) is 10.4. The number of carbonyl (C=O) groups is 1. The van der Waals surface area contributed by atoms with Crippen LogP contribution in [0.2, 0.25) is 0 Å². The summed E-state index contributed by atoms with van der Waals surface area (Å²) in [6.45, 7) is 6.88. The van der Waals surface area contributed by atoms with Crippen molar-refractivity contribution >= 4 is 5.91 Å². The van der Waals surface area contributed by atoms with Crippen LogP contribution in [0, 0.1) is 23.7 Å². The van der Waals surface area contributed by atoms with E-state index in [0.29, 0.717) is 17.7 Å². The molecule has 1 aliphatic heterocycles. The van der Waals surface area contributed by atoms with Gasteiger partial charge in [0.05, 0.1) is 0 Å². The van der Waals surface area contributed by atoms with E-state index in [4.69, 9.17) is 0 Å². The fourth-order valence-electron chi connectivity index (χ4n) is 3.98. The van der Waals surface area contributed by atoms with Gasteiger partial charge in [0.25, 0.3) is 0 Å². The Bertz CT molecular complexity index is 339. The van der Waals surface area contributed by atoms with Crippen LogP contribution in [0.15, 0.2) is 0 Å². The van der Waals surface area contributed by atoms with Crippen molar-refractivity contribution in [2.24, 2.45) is 23.7 Å². The molecule has 1 N–H and O–H groups in total. The normalized spacial score (nSPS) is 30.9. The molecule has 3 aliphatic rings. The van der Waals surface area contributed by atoms with Gasteiger partial charge in [-0.15, -0.1) is 0 Å². The zero-order chi connectivity index (χ0) is 14.7. The number of hydrogen-bond donors (Lipinski definition) is 1. The van der Waals surface area contributed by atoms with Gasteiger partial charge in [-0.05, 0) is 50.5 Å². The maximum Gasteiger partial charge on any atom is 0.223 e. The summed E-state index contributed by atoms with van der Waals surface area (Å²) < 4.78 is 0. The van der Waals surface area contributed by atoms with Gasteiger partial charge >= 0.3 is 0 Å². The Morgan fingerprint density at radius 1 is 1.00 bits per heavy atom. The van der Waals surface area contributed by atoms with E-state index >= 15 is 0 Å². The van der Waals surface area contributed by atoms with E-state index in [1.54, 1.807) is 0 Å². The summed E-state index contributed by atoms with van der Waals surface area (Å²) in [6, 6.07) is 0. The van der Waals surface area contributed by atoms with Gasteiger partial charge in [0, 0.05) is 31.5 Å². The van der Waals surface area contributed by atoms with E-state index in [1.807, 2.05) is 0 Å². The Hall–Kier alpha value is -0.570. The van der Waals surface area contributed by atoms with Crippen LogP contribution in [0.3, 0.4) is 0 Å². The molecule has 1 heterocycles. The quantitative estimate of drug-likeness (QED) is 0.782. The molecule has 3 rings (SSSR count). The fourth-order valence-corrected chi connectivity index (χ4v) is 3.98. The van der Waals surface area contributed by atoms with Crippen molar-refractivity contribution in [3.8, 4) is 0 Å². The van der Waals surface area contributed by atoms with Crippen LogP contribution in [-0.4, -0.2) is 37.0 Å². The lowest BCUT2D eigenvalue weighted by Crippen LogP contribution is -2.52. The number of amides is 1. The number of nitrogens with one attached hydrogen (secondary N) is 1. The Kier molecular flexibility index (Phi) is 5.20. The van der Waals surface area contributed by atoms with E-state index in [9.17, 15) is 4.79 Å². The minimum Gasteiger partial charge on any atom is -0.355 e. The third-order valence-corrected chi connectivity index (χ3v) is 5.94. The molecule has 0 spiro atoms. The van der Waals surface area contributed by atoms with Gasteiger partial charge in [-0.2, -0.15) is 0 Å². The highest BCUT2D eigenvalue weighted by Gasteiger charge is 2.30. The minimum atomic E-state index is 0.304. The largest absolute Gasteiger partial charge is 0.355 e. The monoisotopic (exact) mass is 292 g/mol. The molecule has 3 fully saturated rings. The van der Waals surface area contributed by atoms with Crippen molar-refractivity contribution in [1.82, 2.24) is 10.2 Å². The molecule has 21 heavy (non-hydrogen) atoms. The summed E-state index contributed by atoms with van der Waals surface area (Å²) in [5, 5.41) is 3.22. The average molecular weight is 292 g/mol. The smallest absolute Gasteiger partial charge is 0.223 e. The Morgan fingerprint density at radius 2 is 1.67 bits per heavy atom. The number of rotatable bonds is 7. The average Bonchev–Trinajstić information content (AvgIpc) is 3.29. The molecular weight excluding hydrogens is 260 g/mol. The summed E-state index contributed by atoms with van der Waals surface area (Å²) in [5.41, 5.74) is 0. The van der Waals surface area contributed by atoms with Crippen LogP contribution in [0.25, 0.3) is 0 Å². The first-order chi connectivity index (χ1) is 10.2. The maximum absolute atomic E-state index is 12.2. The predicted octanol–water partition coefficient (Wildman–Crippen LogP) is 3.05. The molecule has 2 aliphatic carbocycles. The van der Waals surface area contributed by atoms with Crippen LogP contribution < -0.4 is 5.32 Å². The van der Waals surface area contributed by atoms with Crippen molar-refractivity contribution < 1.29 is 4.79 Å². The zero-order valence-corrected chi connectivity index (χ0v) is 13.7. The van der Waals surface area contributed by atoms with Crippen LogP contribution in [0.4, 0.5) is 0 Å². The summed E-state index contributed by atoms with van der Waals surface area (Å²) >= 11 is 0.